The highest BCUT2D eigenvalue weighted by molar-refractivity contribution is 9.10. The van der Waals surface area contributed by atoms with E-state index in [1.165, 1.54) is 18.2 Å². The predicted molar refractivity (Wildman–Crippen MR) is 90.5 cm³/mol. The Morgan fingerprint density at radius 3 is 2.70 bits per heavy atom. The highest BCUT2D eigenvalue weighted by Crippen LogP contribution is 2.29. The average Bonchev–Trinajstić information content (AvgIpc) is 2.57. The molecule has 1 amide bonds. The number of nitrogens with one attached hydrogen (secondary N) is 1. The number of fused-ring (bicyclic) bond motifs is 1. The maximum absolute atomic E-state index is 12.4. The van der Waals surface area contributed by atoms with E-state index in [-0.39, 0.29) is 11.3 Å². The summed E-state index contributed by atoms with van der Waals surface area (Å²) in [6.45, 7) is 0. The maximum atomic E-state index is 12.4. The topological polar surface area (TPSA) is 85.1 Å². The molecule has 0 radical (unpaired) electrons. The first-order valence-corrected chi connectivity index (χ1v) is 7.45. The molecule has 7 heteroatoms. The van der Waals surface area contributed by atoms with Crippen molar-refractivity contribution in [2.24, 2.45) is 0 Å². The normalized spacial score (nSPS) is 10.5. The van der Waals surface area contributed by atoms with Crippen LogP contribution in [0.1, 0.15) is 10.4 Å². The van der Waals surface area contributed by atoms with Crippen LogP contribution >= 0.6 is 15.9 Å². The second kappa shape index (κ2) is 6.13. The number of hydrogen-bond donors (Lipinski definition) is 1. The van der Waals surface area contributed by atoms with Crippen molar-refractivity contribution in [3.63, 3.8) is 0 Å². The molecule has 1 N–H and O–H groups in total. The number of carbonyl (C=O) groups excluding carboxylic acids is 1. The number of nitrogens with zero attached hydrogens (tertiary/aromatic N) is 2. The summed E-state index contributed by atoms with van der Waals surface area (Å²) in [5.74, 6) is -0.549. The number of benzene rings is 2. The molecule has 1 aromatic heterocycles. The van der Waals surface area contributed by atoms with Crippen LogP contribution in [0.2, 0.25) is 0 Å². The molecule has 114 valence electrons. The van der Waals surface area contributed by atoms with Crippen molar-refractivity contribution in [1.82, 2.24) is 4.98 Å². The van der Waals surface area contributed by atoms with Gasteiger partial charge in [-0.05, 0) is 24.3 Å². The lowest BCUT2D eigenvalue weighted by molar-refractivity contribution is -0.385. The van der Waals surface area contributed by atoms with Crippen molar-refractivity contribution in [3.8, 4) is 0 Å². The van der Waals surface area contributed by atoms with Gasteiger partial charge in [-0.1, -0.05) is 34.1 Å². The van der Waals surface area contributed by atoms with E-state index in [0.29, 0.717) is 11.2 Å². The zero-order valence-electron chi connectivity index (χ0n) is 11.7. The molecule has 0 fully saturated rings. The molecular formula is C16H10BrN3O3. The molecule has 1 heterocycles. The fraction of sp³-hybridized carbons (Fsp3) is 0. The van der Waals surface area contributed by atoms with Crippen LogP contribution in [0, 0.1) is 10.1 Å². The van der Waals surface area contributed by atoms with Gasteiger partial charge >= 0.3 is 0 Å². The standard InChI is InChI=1S/C16H10BrN3O3/c17-12-7-8-13(15-10(12)5-3-9-18-15)19-16(21)11-4-1-2-6-14(11)20(22)23/h1-9H,(H,19,21). The van der Waals surface area contributed by atoms with Crippen molar-refractivity contribution in [3.05, 3.63) is 74.9 Å². The lowest BCUT2D eigenvalue weighted by Gasteiger charge is -2.09. The van der Waals surface area contributed by atoms with E-state index in [0.717, 1.165) is 9.86 Å². The SMILES string of the molecule is O=C(Nc1ccc(Br)c2cccnc12)c1ccccc1[N+](=O)[O-]. The molecule has 23 heavy (non-hydrogen) atoms. The van der Waals surface area contributed by atoms with Gasteiger partial charge in [0, 0.05) is 22.1 Å². The van der Waals surface area contributed by atoms with Crippen LogP contribution in [0.4, 0.5) is 11.4 Å². The van der Waals surface area contributed by atoms with E-state index >= 15 is 0 Å². The van der Waals surface area contributed by atoms with Gasteiger partial charge in [0.05, 0.1) is 16.1 Å². The van der Waals surface area contributed by atoms with Gasteiger partial charge in [0.15, 0.2) is 0 Å². The number of anilines is 1. The number of carbonyl (C=O) groups is 1. The number of rotatable bonds is 3. The third kappa shape index (κ3) is 2.91. The first-order valence-electron chi connectivity index (χ1n) is 6.66. The summed E-state index contributed by atoms with van der Waals surface area (Å²) < 4.78 is 0.851. The molecule has 0 bridgehead atoms. The number of nitro groups is 1. The van der Waals surface area contributed by atoms with Gasteiger partial charge in [0.2, 0.25) is 0 Å². The van der Waals surface area contributed by atoms with Crippen molar-refractivity contribution in [1.29, 1.82) is 0 Å². The second-order valence-corrected chi connectivity index (χ2v) is 5.58. The Hall–Kier alpha value is -2.80. The summed E-state index contributed by atoms with van der Waals surface area (Å²) in [5, 5.41) is 14.6. The molecule has 0 saturated carbocycles. The van der Waals surface area contributed by atoms with Gasteiger partial charge in [-0.2, -0.15) is 0 Å². The molecule has 0 atom stereocenters. The monoisotopic (exact) mass is 371 g/mol. The van der Waals surface area contributed by atoms with Crippen molar-refractivity contribution in [2.75, 3.05) is 5.32 Å². The molecule has 0 aliphatic rings. The fourth-order valence-corrected chi connectivity index (χ4v) is 2.71. The van der Waals surface area contributed by atoms with Crippen LogP contribution in [0.5, 0.6) is 0 Å². The summed E-state index contributed by atoms with van der Waals surface area (Å²) in [6.07, 6.45) is 1.62. The van der Waals surface area contributed by atoms with Gasteiger partial charge in [-0.15, -0.1) is 0 Å². The number of pyridine rings is 1. The van der Waals surface area contributed by atoms with Gasteiger partial charge in [-0.3, -0.25) is 19.9 Å². The summed E-state index contributed by atoms with van der Waals surface area (Å²) in [5.41, 5.74) is 0.865. The molecule has 0 aliphatic carbocycles. The number of aromatic nitrogens is 1. The minimum Gasteiger partial charge on any atom is -0.320 e. The smallest absolute Gasteiger partial charge is 0.282 e. The molecule has 3 rings (SSSR count). The molecule has 0 unspecified atom stereocenters. The van der Waals surface area contributed by atoms with E-state index in [2.05, 4.69) is 26.2 Å². The highest BCUT2D eigenvalue weighted by Gasteiger charge is 2.20. The quantitative estimate of drug-likeness (QED) is 0.553. The molecule has 0 aliphatic heterocycles. The zero-order valence-corrected chi connectivity index (χ0v) is 13.3. The number of halogens is 1. The van der Waals surface area contributed by atoms with E-state index in [1.807, 2.05) is 6.07 Å². The highest BCUT2D eigenvalue weighted by atomic mass is 79.9. The third-order valence-electron chi connectivity index (χ3n) is 3.31. The number of amides is 1. The predicted octanol–water partition coefficient (Wildman–Crippen LogP) is 4.16. The average molecular weight is 372 g/mol. The van der Waals surface area contributed by atoms with Crippen LogP contribution < -0.4 is 5.32 Å². The van der Waals surface area contributed by atoms with Crippen LogP contribution in [-0.2, 0) is 0 Å². The van der Waals surface area contributed by atoms with E-state index in [4.69, 9.17) is 0 Å². The largest absolute Gasteiger partial charge is 0.320 e. The summed E-state index contributed by atoms with van der Waals surface area (Å²) >= 11 is 3.43. The number of hydrogen-bond acceptors (Lipinski definition) is 4. The van der Waals surface area contributed by atoms with E-state index < -0.39 is 10.8 Å². The fourth-order valence-electron chi connectivity index (χ4n) is 2.25. The zero-order chi connectivity index (χ0) is 16.4. The minimum atomic E-state index is -0.577. The Labute approximate surface area is 139 Å². The molecular weight excluding hydrogens is 362 g/mol. The summed E-state index contributed by atoms with van der Waals surface area (Å²) in [4.78, 5) is 27.1. The van der Waals surface area contributed by atoms with Gasteiger partial charge in [0.1, 0.15) is 5.56 Å². The van der Waals surface area contributed by atoms with Gasteiger partial charge < -0.3 is 5.32 Å². The molecule has 3 aromatic rings. The minimum absolute atomic E-state index is 0.00417. The maximum Gasteiger partial charge on any atom is 0.282 e. The summed E-state index contributed by atoms with van der Waals surface area (Å²) in [7, 11) is 0. The Balaban J connectivity index is 2.02. The molecule has 6 nitrogen and oxygen atoms in total. The Morgan fingerprint density at radius 1 is 1.13 bits per heavy atom. The Bertz CT molecular complexity index is 927. The molecule has 0 saturated heterocycles. The molecule has 2 aromatic carbocycles. The first-order chi connectivity index (χ1) is 11.1. The van der Waals surface area contributed by atoms with Crippen molar-refractivity contribution in [2.45, 2.75) is 0 Å². The Morgan fingerprint density at radius 2 is 1.91 bits per heavy atom. The van der Waals surface area contributed by atoms with E-state index in [1.54, 1.807) is 30.5 Å². The molecule has 0 spiro atoms. The summed E-state index contributed by atoms with van der Waals surface area (Å²) in [6, 6.07) is 13.0. The first kappa shape index (κ1) is 15.1. The van der Waals surface area contributed by atoms with Crippen molar-refractivity contribution >= 4 is 44.1 Å². The third-order valence-corrected chi connectivity index (χ3v) is 4.00. The van der Waals surface area contributed by atoms with Crippen LogP contribution in [0.25, 0.3) is 10.9 Å². The second-order valence-electron chi connectivity index (χ2n) is 4.72. The number of para-hydroxylation sites is 1. The van der Waals surface area contributed by atoms with Crippen LogP contribution in [0.3, 0.4) is 0 Å². The van der Waals surface area contributed by atoms with E-state index in [9.17, 15) is 14.9 Å². The van der Waals surface area contributed by atoms with Crippen LogP contribution in [0.15, 0.2) is 59.2 Å². The lowest BCUT2D eigenvalue weighted by Crippen LogP contribution is -2.14. The lowest BCUT2D eigenvalue weighted by atomic mass is 10.1. The van der Waals surface area contributed by atoms with Crippen LogP contribution in [-0.4, -0.2) is 15.8 Å². The number of nitro benzene ring substituents is 1. The van der Waals surface area contributed by atoms with Crippen molar-refractivity contribution < 1.29 is 9.72 Å². The van der Waals surface area contributed by atoms with Gasteiger partial charge in [-0.25, -0.2) is 0 Å². The Kier molecular flexibility index (Phi) is 4.03. The van der Waals surface area contributed by atoms with Gasteiger partial charge in [0.25, 0.3) is 11.6 Å².